The van der Waals surface area contributed by atoms with Crippen molar-refractivity contribution < 1.29 is 9.59 Å². The first kappa shape index (κ1) is 19.1. The number of halogens is 2. The monoisotopic (exact) mass is 408 g/mol. The van der Waals surface area contributed by atoms with Crippen LogP contribution >= 0.6 is 35.0 Å². The predicted octanol–water partition coefficient (Wildman–Crippen LogP) is 4.85. The molecule has 1 aliphatic heterocycles. The lowest BCUT2D eigenvalue weighted by Gasteiger charge is -2.27. The third kappa shape index (κ3) is 4.53. The summed E-state index contributed by atoms with van der Waals surface area (Å²) in [5, 5.41) is 3.59. The first-order valence-electron chi connectivity index (χ1n) is 8.25. The number of anilines is 1. The molecule has 0 saturated heterocycles. The molecule has 0 saturated carbocycles. The molecule has 1 atom stereocenters. The van der Waals surface area contributed by atoms with Crippen LogP contribution in [0.2, 0.25) is 10.0 Å². The van der Waals surface area contributed by atoms with E-state index in [-0.39, 0.29) is 18.2 Å². The fourth-order valence-corrected chi connectivity index (χ4v) is 4.24. The number of hydrogen-bond acceptors (Lipinski definition) is 3. The minimum atomic E-state index is -0.454. The van der Waals surface area contributed by atoms with Gasteiger partial charge in [0.05, 0.1) is 10.9 Å². The van der Waals surface area contributed by atoms with Gasteiger partial charge in [0.1, 0.15) is 0 Å². The number of rotatable bonds is 5. The molecular weight excluding hydrogens is 391 g/mol. The molecule has 0 aliphatic carbocycles. The van der Waals surface area contributed by atoms with Crippen molar-refractivity contribution in [3.8, 4) is 0 Å². The summed E-state index contributed by atoms with van der Waals surface area (Å²) in [4.78, 5) is 27.7. The summed E-state index contributed by atoms with van der Waals surface area (Å²) < 4.78 is 0. The van der Waals surface area contributed by atoms with Crippen molar-refractivity contribution in [1.29, 1.82) is 0 Å². The SMILES string of the molecule is CCN(Cc1cccc(Cl)c1)C(=O)CC1Sc2ccc(Cl)cc2NC1=O. The summed E-state index contributed by atoms with van der Waals surface area (Å²) in [6.07, 6.45) is 0.146. The van der Waals surface area contributed by atoms with E-state index >= 15 is 0 Å². The number of fused-ring (bicyclic) bond motifs is 1. The van der Waals surface area contributed by atoms with Gasteiger partial charge in [-0.25, -0.2) is 0 Å². The number of carbonyl (C=O) groups is 2. The van der Waals surface area contributed by atoms with E-state index in [1.807, 2.05) is 31.2 Å². The fraction of sp³-hybridized carbons (Fsp3) is 0.263. The Hall–Kier alpha value is -1.69. The third-order valence-corrected chi connectivity index (χ3v) is 5.86. The van der Waals surface area contributed by atoms with Crippen LogP contribution in [0.1, 0.15) is 18.9 Å². The van der Waals surface area contributed by atoms with E-state index in [0.29, 0.717) is 28.8 Å². The molecule has 0 bridgehead atoms. The van der Waals surface area contributed by atoms with Crippen LogP contribution in [0, 0.1) is 0 Å². The molecule has 1 unspecified atom stereocenters. The van der Waals surface area contributed by atoms with Crippen LogP contribution in [-0.4, -0.2) is 28.5 Å². The Balaban J connectivity index is 1.68. The van der Waals surface area contributed by atoms with Crippen LogP contribution < -0.4 is 5.32 Å². The van der Waals surface area contributed by atoms with Crippen molar-refractivity contribution in [3.63, 3.8) is 0 Å². The molecular formula is C19H18Cl2N2O2S. The van der Waals surface area contributed by atoms with E-state index < -0.39 is 5.25 Å². The van der Waals surface area contributed by atoms with E-state index in [2.05, 4.69) is 5.32 Å². The Morgan fingerprint density at radius 3 is 2.69 bits per heavy atom. The smallest absolute Gasteiger partial charge is 0.238 e. The maximum absolute atomic E-state index is 12.7. The highest BCUT2D eigenvalue weighted by atomic mass is 35.5. The zero-order valence-corrected chi connectivity index (χ0v) is 16.5. The molecule has 0 spiro atoms. The van der Waals surface area contributed by atoms with Crippen molar-refractivity contribution >= 4 is 52.5 Å². The molecule has 1 aliphatic rings. The molecule has 3 rings (SSSR count). The molecule has 2 amide bonds. The zero-order valence-electron chi connectivity index (χ0n) is 14.2. The second-order valence-corrected chi connectivity index (χ2v) is 8.10. The minimum Gasteiger partial charge on any atom is -0.339 e. The van der Waals surface area contributed by atoms with E-state index in [1.165, 1.54) is 11.8 Å². The second kappa shape index (κ2) is 8.33. The summed E-state index contributed by atoms with van der Waals surface area (Å²) in [6.45, 7) is 2.96. The Bertz CT molecular complexity index is 844. The molecule has 2 aromatic rings. The second-order valence-electron chi connectivity index (χ2n) is 5.98. The summed E-state index contributed by atoms with van der Waals surface area (Å²) in [7, 11) is 0. The van der Waals surface area contributed by atoms with Crippen LogP contribution in [0.15, 0.2) is 47.4 Å². The van der Waals surface area contributed by atoms with Gasteiger partial charge in [0.25, 0.3) is 0 Å². The zero-order chi connectivity index (χ0) is 18.7. The first-order valence-corrected chi connectivity index (χ1v) is 9.89. The first-order chi connectivity index (χ1) is 12.5. The number of thioether (sulfide) groups is 1. The van der Waals surface area contributed by atoms with Crippen LogP contribution in [0.3, 0.4) is 0 Å². The van der Waals surface area contributed by atoms with Gasteiger partial charge in [-0.3, -0.25) is 9.59 Å². The average Bonchev–Trinajstić information content (AvgIpc) is 2.60. The quantitative estimate of drug-likeness (QED) is 0.769. The van der Waals surface area contributed by atoms with Gasteiger partial charge in [-0.15, -0.1) is 11.8 Å². The Morgan fingerprint density at radius 2 is 1.96 bits per heavy atom. The average molecular weight is 409 g/mol. The van der Waals surface area contributed by atoms with Crippen molar-refractivity contribution in [2.24, 2.45) is 0 Å². The number of nitrogens with zero attached hydrogens (tertiary/aromatic N) is 1. The van der Waals surface area contributed by atoms with Gasteiger partial charge in [0, 0.05) is 34.5 Å². The molecule has 26 heavy (non-hydrogen) atoms. The molecule has 1 N–H and O–H groups in total. The van der Waals surface area contributed by atoms with Crippen molar-refractivity contribution in [1.82, 2.24) is 4.90 Å². The van der Waals surface area contributed by atoms with Gasteiger partial charge in [-0.2, -0.15) is 0 Å². The number of nitrogens with one attached hydrogen (secondary N) is 1. The van der Waals surface area contributed by atoms with E-state index in [1.54, 1.807) is 23.1 Å². The summed E-state index contributed by atoms with van der Waals surface area (Å²) in [5.41, 5.74) is 1.66. The number of hydrogen-bond donors (Lipinski definition) is 1. The van der Waals surface area contributed by atoms with E-state index in [9.17, 15) is 9.59 Å². The Labute approximate surface area is 166 Å². The Kier molecular flexibility index (Phi) is 6.12. The molecule has 7 heteroatoms. The summed E-state index contributed by atoms with van der Waals surface area (Å²) in [6, 6.07) is 12.8. The maximum Gasteiger partial charge on any atom is 0.238 e. The lowest BCUT2D eigenvalue weighted by Crippen LogP contribution is -2.37. The molecule has 0 fully saturated rings. The van der Waals surface area contributed by atoms with Gasteiger partial charge < -0.3 is 10.2 Å². The standard InChI is InChI=1S/C19H18Cl2N2O2S/c1-2-23(11-12-4-3-5-13(20)8-12)18(24)10-17-19(25)22-15-9-14(21)6-7-16(15)26-17/h3-9,17H,2,10-11H2,1H3,(H,22,25). The van der Waals surface area contributed by atoms with E-state index in [4.69, 9.17) is 23.2 Å². The predicted molar refractivity (Wildman–Crippen MR) is 107 cm³/mol. The number of amides is 2. The topological polar surface area (TPSA) is 49.4 Å². The van der Waals surface area contributed by atoms with Gasteiger partial charge in [-0.1, -0.05) is 35.3 Å². The maximum atomic E-state index is 12.7. The molecule has 0 radical (unpaired) electrons. The van der Waals surface area contributed by atoms with Crippen molar-refractivity contribution in [2.75, 3.05) is 11.9 Å². The van der Waals surface area contributed by atoms with Gasteiger partial charge >= 0.3 is 0 Å². The highest BCUT2D eigenvalue weighted by molar-refractivity contribution is 8.01. The van der Waals surface area contributed by atoms with Crippen molar-refractivity contribution in [2.45, 2.75) is 30.0 Å². The molecule has 0 aromatic heterocycles. The molecule has 1 heterocycles. The van der Waals surface area contributed by atoms with Crippen LogP contribution in [-0.2, 0) is 16.1 Å². The van der Waals surface area contributed by atoms with E-state index in [0.717, 1.165) is 10.5 Å². The Morgan fingerprint density at radius 1 is 1.19 bits per heavy atom. The van der Waals surface area contributed by atoms with Gasteiger partial charge in [0.2, 0.25) is 11.8 Å². The van der Waals surface area contributed by atoms with Crippen molar-refractivity contribution in [3.05, 3.63) is 58.1 Å². The lowest BCUT2D eigenvalue weighted by atomic mass is 10.2. The van der Waals surface area contributed by atoms with Gasteiger partial charge in [-0.05, 0) is 42.8 Å². The number of carbonyl (C=O) groups excluding carboxylic acids is 2. The van der Waals surface area contributed by atoms with Crippen LogP contribution in [0.4, 0.5) is 5.69 Å². The number of benzene rings is 2. The lowest BCUT2D eigenvalue weighted by molar-refractivity contribution is -0.133. The largest absolute Gasteiger partial charge is 0.339 e. The van der Waals surface area contributed by atoms with Crippen LogP contribution in [0.25, 0.3) is 0 Å². The molecule has 4 nitrogen and oxygen atoms in total. The third-order valence-electron chi connectivity index (χ3n) is 4.12. The van der Waals surface area contributed by atoms with Gasteiger partial charge in [0.15, 0.2) is 0 Å². The fourth-order valence-electron chi connectivity index (χ4n) is 2.78. The normalized spacial score (nSPS) is 16.0. The molecule has 2 aromatic carbocycles. The highest BCUT2D eigenvalue weighted by Gasteiger charge is 2.30. The summed E-state index contributed by atoms with van der Waals surface area (Å²) in [5.74, 6) is -0.227. The molecule has 136 valence electrons. The highest BCUT2D eigenvalue weighted by Crippen LogP contribution is 2.38. The minimum absolute atomic E-state index is 0.0578. The summed E-state index contributed by atoms with van der Waals surface area (Å²) >= 11 is 13.4. The van der Waals surface area contributed by atoms with Crippen LogP contribution in [0.5, 0.6) is 0 Å².